The van der Waals surface area contributed by atoms with Gasteiger partial charge in [0.1, 0.15) is 5.82 Å². The Morgan fingerprint density at radius 1 is 1.20 bits per heavy atom. The van der Waals surface area contributed by atoms with E-state index in [9.17, 15) is 9.18 Å². The minimum absolute atomic E-state index is 0.0411. The number of benzene rings is 1. The first kappa shape index (κ1) is 16.2. The van der Waals surface area contributed by atoms with Crippen LogP contribution in [0.2, 0.25) is 0 Å². The van der Waals surface area contributed by atoms with Crippen molar-refractivity contribution in [2.24, 2.45) is 0 Å². The van der Waals surface area contributed by atoms with Crippen LogP contribution >= 0.6 is 22.7 Å². The Morgan fingerprint density at radius 2 is 2.04 bits per heavy atom. The third-order valence-electron chi connectivity index (χ3n) is 4.13. The van der Waals surface area contributed by atoms with E-state index in [1.807, 2.05) is 28.5 Å². The molecule has 25 heavy (non-hydrogen) atoms. The number of amides is 1. The summed E-state index contributed by atoms with van der Waals surface area (Å²) >= 11 is 3.11. The van der Waals surface area contributed by atoms with Gasteiger partial charge in [-0.3, -0.25) is 4.79 Å². The van der Waals surface area contributed by atoms with Crippen LogP contribution in [0.25, 0.3) is 16.3 Å². The van der Waals surface area contributed by atoms with Crippen LogP contribution in [0.4, 0.5) is 9.52 Å². The van der Waals surface area contributed by atoms with Crippen LogP contribution in [0.5, 0.6) is 0 Å². The molecule has 4 nitrogen and oxygen atoms in total. The summed E-state index contributed by atoms with van der Waals surface area (Å²) in [5.74, 6) is -0.199. The molecule has 3 aromatic rings. The molecule has 0 unspecified atom stereocenters. The number of carbonyl (C=O) groups excluding carboxylic acids is 1. The molecule has 7 heteroatoms. The highest BCUT2D eigenvalue weighted by molar-refractivity contribution is 7.22. The summed E-state index contributed by atoms with van der Waals surface area (Å²) in [6, 6.07) is 8.62. The van der Waals surface area contributed by atoms with Gasteiger partial charge in [-0.25, -0.2) is 9.37 Å². The van der Waals surface area contributed by atoms with Crippen LogP contribution in [0.3, 0.4) is 0 Å². The van der Waals surface area contributed by atoms with Crippen molar-refractivity contribution in [2.45, 2.75) is 0 Å². The first-order valence-electron chi connectivity index (χ1n) is 8.00. The molecule has 1 aliphatic rings. The summed E-state index contributed by atoms with van der Waals surface area (Å²) < 4.78 is 14.2. The number of thiophene rings is 1. The zero-order valence-electron chi connectivity index (χ0n) is 13.4. The molecule has 1 saturated heterocycles. The van der Waals surface area contributed by atoms with Gasteiger partial charge in [0.25, 0.3) is 0 Å². The summed E-state index contributed by atoms with van der Waals surface area (Å²) in [7, 11) is 0. The second-order valence-electron chi connectivity index (χ2n) is 5.77. The van der Waals surface area contributed by atoms with Gasteiger partial charge in [-0.05, 0) is 35.7 Å². The molecule has 0 aliphatic carbocycles. The monoisotopic (exact) mass is 373 g/mol. The van der Waals surface area contributed by atoms with Gasteiger partial charge in [0.2, 0.25) is 5.91 Å². The van der Waals surface area contributed by atoms with E-state index in [4.69, 9.17) is 0 Å². The SMILES string of the molecule is O=C(C=Cc1cccs1)N1CCN(c2nc3ccc(F)cc3s2)CC1. The van der Waals surface area contributed by atoms with Crippen LogP contribution in [0, 0.1) is 5.82 Å². The van der Waals surface area contributed by atoms with Gasteiger partial charge in [0, 0.05) is 37.1 Å². The van der Waals surface area contributed by atoms with Crippen molar-refractivity contribution in [3.05, 3.63) is 52.5 Å². The topological polar surface area (TPSA) is 36.4 Å². The predicted octanol–water partition coefficient (Wildman–Crippen LogP) is 3.86. The molecule has 128 valence electrons. The normalized spacial score (nSPS) is 15.4. The summed E-state index contributed by atoms with van der Waals surface area (Å²) in [6.45, 7) is 2.80. The van der Waals surface area contributed by atoms with Crippen molar-refractivity contribution >= 4 is 50.0 Å². The molecule has 0 saturated carbocycles. The van der Waals surface area contributed by atoms with E-state index < -0.39 is 0 Å². The molecule has 1 aromatic carbocycles. The highest BCUT2D eigenvalue weighted by atomic mass is 32.1. The number of aromatic nitrogens is 1. The van der Waals surface area contributed by atoms with Crippen molar-refractivity contribution in [1.82, 2.24) is 9.88 Å². The van der Waals surface area contributed by atoms with Crippen molar-refractivity contribution in [2.75, 3.05) is 31.1 Å². The number of hydrogen-bond donors (Lipinski definition) is 0. The number of nitrogens with zero attached hydrogens (tertiary/aromatic N) is 3. The molecule has 0 radical (unpaired) electrons. The fraction of sp³-hybridized carbons (Fsp3) is 0.222. The highest BCUT2D eigenvalue weighted by Gasteiger charge is 2.22. The first-order chi connectivity index (χ1) is 12.2. The summed E-state index contributed by atoms with van der Waals surface area (Å²) in [4.78, 5) is 22.0. The van der Waals surface area contributed by atoms with Crippen LogP contribution in [0.1, 0.15) is 4.88 Å². The number of thiazole rings is 1. The standard InChI is InChI=1S/C18H16FN3OS2/c19-13-3-5-15-16(12-13)25-18(20-15)22-9-7-21(8-10-22)17(23)6-4-14-2-1-11-24-14/h1-6,11-12H,7-10H2. The van der Waals surface area contributed by atoms with Crippen LogP contribution in [-0.4, -0.2) is 42.0 Å². The second kappa shape index (κ2) is 6.93. The van der Waals surface area contributed by atoms with Crippen molar-refractivity contribution in [3.63, 3.8) is 0 Å². The maximum atomic E-state index is 13.3. The molecule has 0 atom stereocenters. The van der Waals surface area contributed by atoms with Crippen molar-refractivity contribution < 1.29 is 9.18 Å². The molecule has 3 heterocycles. The van der Waals surface area contributed by atoms with Gasteiger partial charge in [-0.1, -0.05) is 17.4 Å². The largest absolute Gasteiger partial charge is 0.345 e. The number of fused-ring (bicyclic) bond motifs is 1. The lowest BCUT2D eigenvalue weighted by Gasteiger charge is -2.34. The molecular weight excluding hydrogens is 357 g/mol. The highest BCUT2D eigenvalue weighted by Crippen LogP contribution is 2.29. The Kier molecular flexibility index (Phi) is 4.50. The molecule has 0 spiro atoms. The fourth-order valence-electron chi connectivity index (χ4n) is 2.78. The summed E-state index contributed by atoms with van der Waals surface area (Å²) in [6.07, 6.45) is 3.50. The predicted molar refractivity (Wildman–Crippen MR) is 102 cm³/mol. The van der Waals surface area contributed by atoms with Crippen LogP contribution < -0.4 is 4.90 Å². The molecule has 0 N–H and O–H groups in total. The van der Waals surface area contributed by atoms with E-state index >= 15 is 0 Å². The Hall–Kier alpha value is -2.25. The lowest BCUT2D eigenvalue weighted by molar-refractivity contribution is -0.126. The van der Waals surface area contributed by atoms with Crippen LogP contribution in [-0.2, 0) is 4.79 Å². The molecule has 1 amide bonds. The van der Waals surface area contributed by atoms with E-state index in [-0.39, 0.29) is 11.7 Å². The second-order valence-corrected chi connectivity index (χ2v) is 7.76. The lowest BCUT2D eigenvalue weighted by atomic mass is 10.3. The average Bonchev–Trinajstić information content (AvgIpc) is 3.29. The zero-order valence-corrected chi connectivity index (χ0v) is 15.0. The number of hydrogen-bond acceptors (Lipinski definition) is 5. The number of carbonyl (C=O) groups is 1. The number of piperazine rings is 1. The Labute approximate surface area is 152 Å². The summed E-state index contributed by atoms with van der Waals surface area (Å²) in [5, 5.41) is 2.88. The van der Waals surface area contributed by atoms with Gasteiger partial charge in [0.15, 0.2) is 5.13 Å². The van der Waals surface area contributed by atoms with E-state index in [2.05, 4.69) is 9.88 Å². The summed E-state index contributed by atoms with van der Waals surface area (Å²) in [5.41, 5.74) is 0.818. The van der Waals surface area contributed by atoms with E-state index in [0.717, 1.165) is 33.3 Å². The zero-order chi connectivity index (χ0) is 17.2. The van der Waals surface area contributed by atoms with Crippen LogP contribution in [0.15, 0.2) is 41.8 Å². The Bertz CT molecular complexity index is 912. The third-order valence-corrected chi connectivity index (χ3v) is 6.05. The van der Waals surface area contributed by atoms with E-state index in [0.29, 0.717) is 13.1 Å². The smallest absolute Gasteiger partial charge is 0.246 e. The molecule has 2 aromatic heterocycles. The van der Waals surface area contributed by atoms with Gasteiger partial charge < -0.3 is 9.80 Å². The number of rotatable bonds is 3. The number of anilines is 1. The molecule has 1 aliphatic heterocycles. The van der Waals surface area contributed by atoms with Gasteiger partial charge >= 0.3 is 0 Å². The molecule has 0 bridgehead atoms. The maximum absolute atomic E-state index is 13.3. The quantitative estimate of drug-likeness (QED) is 0.654. The minimum Gasteiger partial charge on any atom is -0.345 e. The lowest BCUT2D eigenvalue weighted by Crippen LogP contribution is -2.48. The van der Waals surface area contributed by atoms with E-state index in [1.54, 1.807) is 23.5 Å². The molecular formula is C18H16FN3OS2. The maximum Gasteiger partial charge on any atom is 0.246 e. The minimum atomic E-state index is -0.240. The number of halogens is 1. The van der Waals surface area contributed by atoms with Crippen molar-refractivity contribution in [3.8, 4) is 0 Å². The molecule has 4 rings (SSSR count). The average molecular weight is 373 g/mol. The van der Waals surface area contributed by atoms with Gasteiger partial charge in [0.05, 0.1) is 10.2 Å². The molecule has 1 fully saturated rings. The fourth-order valence-corrected chi connectivity index (χ4v) is 4.44. The first-order valence-corrected chi connectivity index (χ1v) is 9.70. The van der Waals surface area contributed by atoms with Crippen molar-refractivity contribution in [1.29, 1.82) is 0 Å². The van der Waals surface area contributed by atoms with Gasteiger partial charge in [-0.2, -0.15) is 0 Å². The van der Waals surface area contributed by atoms with E-state index in [1.165, 1.54) is 23.5 Å². The Balaban J connectivity index is 1.39. The van der Waals surface area contributed by atoms with Gasteiger partial charge in [-0.15, -0.1) is 11.3 Å². The third kappa shape index (κ3) is 3.57. The Morgan fingerprint density at radius 3 is 2.80 bits per heavy atom.